The van der Waals surface area contributed by atoms with Crippen molar-refractivity contribution in [1.29, 1.82) is 0 Å². The molecule has 0 amide bonds. The normalized spacial score (nSPS) is 17.0. The van der Waals surface area contributed by atoms with Gasteiger partial charge in [0.15, 0.2) is 5.82 Å². The van der Waals surface area contributed by atoms with Crippen molar-refractivity contribution >= 4 is 5.95 Å². The standard InChI is InChI=1S/C19H19FN4O/c1-23-18(14-6-3-2-4-7-14)21-22-19(23)24-11-10-17(13-24)25-16-9-5-8-15(20)12-16/h2-9,12,17H,10-11,13H2,1H3/t17-/m0/s1. The van der Waals surface area contributed by atoms with Gasteiger partial charge in [0.2, 0.25) is 5.95 Å². The Morgan fingerprint density at radius 1 is 1.08 bits per heavy atom. The lowest BCUT2D eigenvalue weighted by Crippen LogP contribution is -2.26. The van der Waals surface area contributed by atoms with Gasteiger partial charge in [-0.25, -0.2) is 4.39 Å². The number of nitrogens with zero attached hydrogens (tertiary/aromatic N) is 4. The minimum atomic E-state index is -0.284. The number of anilines is 1. The molecule has 0 unspecified atom stereocenters. The highest BCUT2D eigenvalue weighted by Gasteiger charge is 2.28. The molecule has 1 aliphatic heterocycles. The molecule has 0 saturated carbocycles. The minimum absolute atomic E-state index is 0.0127. The maximum atomic E-state index is 13.3. The van der Waals surface area contributed by atoms with E-state index in [-0.39, 0.29) is 11.9 Å². The van der Waals surface area contributed by atoms with Gasteiger partial charge in [0, 0.05) is 31.6 Å². The molecule has 2 heterocycles. The van der Waals surface area contributed by atoms with Crippen LogP contribution in [0.5, 0.6) is 5.75 Å². The summed E-state index contributed by atoms with van der Waals surface area (Å²) < 4.78 is 21.2. The van der Waals surface area contributed by atoms with Gasteiger partial charge in [0.1, 0.15) is 17.7 Å². The first-order valence-corrected chi connectivity index (χ1v) is 8.33. The summed E-state index contributed by atoms with van der Waals surface area (Å²) in [6.07, 6.45) is 0.878. The first-order chi connectivity index (χ1) is 12.2. The van der Waals surface area contributed by atoms with E-state index in [4.69, 9.17) is 4.74 Å². The van der Waals surface area contributed by atoms with Crippen LogP contribution < -0.4 is 9.64 Å². The molecular weight excluding hydrogens is 319 g/mol. The molecule has 4 rings (SSSR count). The van der Waals surface area contributed by atoms with Crippen LogP contribution >= 0.6 is 0 Å². The van der Waals surface area contributed by atoms with Crippen molar-refractivity contribution in [2.75, 3.05) is 18.0 Å². The van der Waals surface area contributed by atoms with Gasteiger partial charge in [0.05, 0.1) is 6.54 Å². The summed E-state index contributed by atoms with van der Waals surface area (Å²) in [5, 5.41) is 8.69. The molecular formula is C19H19FN4O. The summed E-state index contributed by atoms with van der Waals surface area (Å²) >= 11 is 0. The van der Waals surface area contributed by atoms with Crippen LogP contribution in [0.4, 0.5) is 10.3 Å². The van der Waals surface area contributed by atoms with Crippen molar-refractivity contribution in [1.82, 2.24) is 14.8 Å². The van der Waals surface area contributed by atoms with Crippen LogP contribution in [0, 0.1) is 5.82 Å². The van der Waals surface area contributed by atoms with Crippen molar-refractivity contribution in [3.8, 4) is 17.1 Å². The van der Waals surface area contributed by atoms with E-state index in [1.807, 2.05) is 41.9 Å². The third-order valence-electron chi connectivity index (χ3n) is 4.41. The highest BCUT2D eigenvalue weighted by atomic mass is 19.1. The van der Waals surface area contributed by atoms with Gasteiger partial charge in [-0.15, -0.1) is 10.2 Å². The number of hydrogen-bond donors (Lipinski definition) is 0. The second kappa shape index (κ2) is 6.55. The number of halogens is 1. The molecule has 1 aliphatic rings. The highest BCUT2D eigenvalue weighted by Crippen LogP contribution is 2.25. The molecule has 3 aromatic rings. The fraction of sp³-hybridized carbons (Fsp3) is 0.263. The predicted octanol–water partition coefficient (Wildman–Crippen LogP) is 3.28. The Morgan fingerprint density at radius 3 is 2.72 bits per heavy atom. The maximum absolute atomic E-state index is 13.3. The quantitative estimate of drug-likeness (QED) is 0.732. The van der Waals surface area contributed by atoms with E-state index >= 15 is 0 Å². The third-order valence-corrected chi connectivity index (χ3v) is 4.41. The maximum Gasteiger partial charge on any atom is 0.227 e. The summed E-state index contributed by atoms with van der Waals surface area (Å²) in [4.78, 5) is 2.16. The van der Waals surface area contributed by atoms with Crippen LogP contribution in [0.15, 0.2) is 54.6 Å². The summed E-state index contributed by atoms with van der Waals surface area (Å²) in [6.45, 7) is 1.54. The molecule has 0 radical (unpaired) electrons. The van der Waals surface area contributed by atoms with E-state index in [1.54, 1.807) is 12.1 Å². The number of rotatable bonds is 4. The Bertz CT molecular complexity index is 865. The van der Waals surface area contributed by atoms with E-state index < -0.39 is 0 Å². The smallest absolute Gasteiger partial charge is 0.227 e. The van der Waals surface area contributed by atoms with Crippen molar-refractivity contribution in [2.24, 2.45) is 7.05 Å². The van der Waals surface area contributed by atoms with Crippen LogP contribution in [-0.2, 0) is 7.05 Å². The number of hydrogen-bond acceptors (Lipinski definition) is 4. The molecule has 1 aromatic heterocycles. The topological polar surface area (TPSA) is 43.2 Å². The lowest BCUT2D eigenvalue weighted by atomic mass is 10.2. The second-order valence-corrected chi connectivity index (χ2v) is 6.18. The zero-order valence-corrected chi connectivity index (χ0v) is 14.0. The Kier molecular flexibility index (Phi) is 4.09. The van der Waals surface area contributed by atoms with E-state index in [1.165, 1.54) is 12.1 Å². The zero-order chi connectivity index (χ0) is 17.2. The molecule has 128 valence electrons. The van der Waals surface area contributed by atoms with Crippen molar-refractivity contribution in [2.45, 2.75) is 12.5 Å². The largest absolute Gasteiger partial charge is 0.488 e. The van der Waals surface area contributed by atoms with Crippen LogP contribution in [0.1, 0.15) is 6.42 Å². The predicted molar refractivity (Wildman–Crippen MR) is 94.1 cm³/mol. The molecule has 0 spiro atoms. The van der Waals surface area contributed by atoms with E-state index in [2.05, 4.69) is 15.1 Å². The molecule has 1 saturated heterocycles. The van der Waals surface area contributed by atoms with Crippen LogP contribution in [0.3, 0.4) is 0 Å². The third kappa shape index (κ3) is 3.20. The Labute approximate surface area is 145 Å². The molecule has 2 aromatic carbocycles. The van der Waals surface area contributed by atoms with Gasteiger partial charge in [-0.2, -0.15) is 0 Å². The zero-order valence-electron chi connectivity index (χ0n) is 14.0. The number of aromatic nitrogens is 3. The van der Waals surface area contributed by atoms with Crippen LogP contribution in [0.25, 0.3) is 11.4 Å². The van der Waals surface area contributed by atoms with Gasteiger partial charge in [-0.1, -0.05) is 36.4 Å². The lowest BCUT2D eigenvalue weighted by molar-refractivity contribution is 0.224. The molecule has 0 aliphatic carbocycles. The number of ether oxygens (including phenoxy) is 1. The van der Waals surface area contributed by atoms with E-state index in [0.29, 0.717) is 12.3 Å². The van der Waals surface area contributed by atoms with E-state index in [0.717, 1.165) is 30.3 Å². The highest BCUT2D eigenvalue weighted by molar-refractivity contribution is 5.57. The second-order valence-electron chi connectivity index (χ2n) is 6.18. The number of benzene rings is 2. The molecule has 1 fully saturated rings. The fourth-order valence-electron chi connectivity index (χ4n) is 3.17. The molecule has 0 N–H and O–H groups in total. The first-order valence-electron chi connectivity index (χ1n) is 8.33. The lowest BCUT2D eigenvalue weighted by Gasteiger charge is -2.18. The van der Waals surface area contributed by atoms with Gasteiger partial charge < -0.3 is 9.64 Å². The minimum Gasteiger partial charge on any atom is -0.488 e. The average molecular weight is 338 g/mol. The summed E-state index contributed by atoms with van der Waals surface area (Å²) in [7, 11) is 1.97. The Morgan fingerprint density at radius 2 is 1.92 bits per heavy atom. The van der Waals surface area contributed by atoms with Gasteiger partial charge in [0.25, 0.3) is 0 Å². The summed E-state index contributed by atoms with van der Waals surface area (Å²) in [6, 6.07) is 16.3. The first kappa shape index (κ1) is 15.6. The fourth-order valence-corrected chi connectivity index (χ4v) is 3.17. The van der Waals surface area contributed by atoms with Crippen molar-refractivity contribution in [3.05, 3.63) is 60.4 Å². The van der Waals surface area contributed by atoms with Gasteiger partial charge in [-0.3, -0.25) is 4.57 Å². The Balaban J connectivity index is 1.48. The molecule has 0 bridgehead atoms. The average Bonchev–Trinajstić information content (AvgIpc) is 3.22. The van der Waals surface area contributed by atoms with E-state index in [9.17, 15) is 4.39 Å². The van der Waals surface area contributed by atoms with Crippen LogP contribution in [-0.4, -0.2) is 34.0 Å². The van der Waals surface area contributed by atoms with Gasteiger partial charge >= 0.3 is 0 Å². The Hall–Kier alpha value is -2.89. The van der Waals surface area contributed by atoms with Crippen molar-refractivity contribution in [3.63, 3.8) is 0 Å². The molecule has 1 atom stereocenters. The SMILES string of the molecule is Cn1c(-c2ccccc2)nnc1N1CC[C@H](Oc2cccc(F)c2)C1. The summed E-state index contributed by atoms with van der Waals surface area (Å²) in [5.74, 6) is 1.94. The summed E-state index contributed by atoms with van der Waals surface area (Å²) in [5.41, 5.74) is 1.04. The molecule has 6 heteroatoms. The molecule has 5 nitrogen and oxygen atoms in total. The van der Waals surface area contributed by atoms with Gasteiger partial charge in [-0.05, 0) is 12.1 Å². The van der Waals surface area contributed by atoms with Crippen molar-refractivity contribution < 1.29 is 9.13 Å². The van der Waals surface area contributed by atoms with Crippen LogP contribution in [0.2, 0.25) is 0 Å². The monoisotopic (exact) mass is 338 g/mol. The molecule has 25 heavy (non-hydrogen) atoms.